The van der Waals surface area contributed by atoms with Crippen molar-refractivity contribution in [1.82, 2.24) is 0 Å². The lowest BCUT2D eigenvalue weighted by atomic mass is 10.0. The zero-order valence-electron chi connectivity index (χ0n) is 13.9. The zero-order chi connectivity index (χ0) is 19.2. The zero-order valence-corrected chi connectivity index (χ0v) is 14.7. The Balaban J connectivity index is 0.00000225. The summed E-state index contributed by atoms with van der Waals surface area (Å²) in [6.45, 7) is 0. The van der Waals surface area contributed by atoms with Gasteiger partial charge in [-0.1, -0.05) is 24.3 Å². The van der Waals surface area contributed by atoms with Gasteiger partial charge in [0.15, 0.2) is 0 Å². The highest BCUT2D eigenvalue weighted by atomic mass is 35.5. The molecular weight excluding hydrogens is 403 g/mol. The van der Waals surface area contributed by atoms with E-state index in [1.54, 1.807) is 0 Å². The summed E-state index contributed by atoms with van der Waals surface area (Å²) in [5, 5.41) is 5.12. The van der Waals surface area contributed by atoms with Crippen molar-refractivity contribution in [2.24, 2.45) is 4.99 Å². The van der Waals surface area contributed by atoms with Gasteiger partial charge in [0.2, 0.25) is 0 Å². The Morgan fingerprint density at radius 3 is 2.11 bits per heavy atom. The van der Waals surface area contributed by atoms with Crippen LogP contribution in [-0.4, -0.2) is 18.1 Å². The topological polar surface area (TPSA) is 33.6 Å². The lowest BCUT2D eigenvalue weighted by Gasteiger charge is -2.21. The van der Waals surface area contributed by atoms with Crippen LogP contribution >= 0.6 is 12.4 Å². The predicted octanol–water partition coefficient (Wildman–Crippen LogP) is 6.30. The molecule has 0 aromatic heterocycles. The van der Waals surface area contributed by atoms with Crippen molar-refractivity contribution in [3.05, 3.63) is 66.2 Å². The highest BCUT2D eigenvalue weighted by molar-refractivity contribution is 6.18. The van der Waals surface area contributed by atoms with Crippen LogP contribution in [0.15, 0.2) is 65.7 Å². The van der Waals surface area contributed by atoms with E-state index in [4.69, 9.17) is 0 Å². The molecule has 0 fully saturated rings. The van der Waals surface area contributed by atoms with Gasteiger partial charge in [0.25, 0.3) is 0 Å². The summed E-state index contributed by atoms with van der Waals surface area (Å²) < 4.78 is 66.5. The number of hydrogen-bond donors (Lipinski definition) is 1. The average molecular weight is 415 g/mol. The van der Waals surface area contributed by atoms with Crippen LogP contribution in [0.4, 0.5) is 33.3 Å². The first kappa shape index (κ1) is 19.9. The second-order valence-corrected chi connectivity index (χ2v) is 5.91. The summed E-state index contributed by atoms with van der Waals surface area (Å²) in [7, 11) is 0. The second-order valence-electron chi connectivity index (χ2n) is 5.91. The maximum atomic E-state index is 13.0. The first-order chi connectivity index (χ1) is 12.7. The fourth-order valence-electron chi connectivity index (χ4n) is 2.82. The smallest absolute Gasteiger partial charge is 0.426 e. The van der Waals surface area contributed by atoms with Gasteiger partial charge in [0.1, 0.15) is 11.6 Å². The molecule has 1 heterocycles. The first-order valence-electron chi connectivity index (χ1n) is 7.86. The maximum Gasteiger partial charge on any atom is 0.499 e. The van der Waals surface area contributed by atoms with Gasteiger partial charge in [-0.2, -0.15) is 22.0 Å². The summed E-state index contributed by atoms with van der Waals surface area (Å²) in [6, 6.07) is 16.2. The third kappa shape index (κ3) is 3.47. The van der Waals surface area contributed by atoms with Gasteiger partial charge in [0, 0.05) is 16.6 Å². The molecule has 0 unspecified atom stereocenters. The molecule has 0 spiro atoms. The molecule has 0 amide bonds. The molecule has 1 aliphatic rings. The van der Waals surface area contributed by atoms with Crippen LogP contribution in [0, 0.1) is 0 Å². The molecule has 9 heteroatoms. The number of ether oxygens (including phenoxy) is 1. The van der Waals surface area contributed by atoms with E-state index < -0.39 is 18.0 Å². The summed E-state index contributed by atoms with van der Waals surface area (Å²) >= 11 is 0. The van der Waals surface area contributed by atoms with Crippen LogP contribution < -0.4 is 10.1 Å². The molecule has 0 saturated carbocycles. The molecule has 0 aliphatic carbocycles. The minimum Gasteiger partial charge on any atom is -0.426 e. The standard InChI is InChI=1S/C19H11F5N2O.ClH/c20-18(21,22)19(23,24)27-13-9-7-12(8-10-13)17-25-14-5-1-3-11-4-2-6-15(26-17)16(11)14;/h1-10H,(H,25,26);1H. The van der Waals surface area contributed by atoms with Gasteiger partial charge >= 0.3 is 12.3 Å². The SMILES string of the molecule is Cl.FC(F)(F)C(F)(F)Oc1ccc(C2=Nc3cccc4cccc(c34)N2)cc1. The van der Waals surface area contributed by atoms with E-state index in [1.807, 2.05) is 36.4 Å². The van der Waals surface area contributed by atoms with Crippen molar-refractivity contribution < 1.29 is 26.7 Å². The third-order valence-corrected chi connectivity index (χ3v) is 4.07. The minimum absolute atomic E-state index is 0. The van der Waals surface area contributed by atoms with Crippen LogP contribution in [0.5, 0.6) is 5.75 Å². The number of rotatable bonds is 3. The molecule has 3 nitrogen and oxygen atoms in total. The van der Waals surface area contributed by atoms with Gasteiger partial charge in [-0.15, -0.1) is 12.4 Å². The molecule has 0 bridgehead atoms. The van der Waals surface area contributed by atoms with Gasteiger partial charge in [-0.25, -0.2) is 4.99 Å². The van der Waals surface area contributed by atoms with Crippen molar-refractivity contribution in [3.8, 4) is 5.75 Å². The lowest BCUT2D eigenvalue weighted by Crippen LogP contribution is -2.41. The van der Waals surface area contributed by atoms with Crippen LogP contribution in [0.25, 0.3) is 10.8 Å². The lowest BCUT2D eigenvalue weighted by molar-refractivity contribution is -0.360. The van der Waals surface area contributed by atoms with Crippen LogP contribution in [0.2, 0.25) is 0 Å². The summed E-state index contributed by atoms with van der Waals surface area (Å²) in [6.07, 6.45) is -11.0. The Bertz CT molecular complexity index is 1040. The molecule has 0 saturated heterocycles. The maximum absolute atomic E-state index is 13.0. The molecule has 4 rings (SSSR count). The normalized spacial score (nSPS) is 13.4. The molecule has 0 radical (unpaired) electrons. The van der Waals surface area contributed by atoms with Crippen LogP contribution in [-0.2, 0) is 0 Å². The summed E-state index contributed by atoms with van der Waals surface area (Å²) in [5.74, 6) is -0.143. The Hall–Kier alpha value is -2.87. The molecule has 1 N–H and O–H groups in total. The fourth-order valence-corrected chi connectivity index (χ4v) is 2.82. The van der Waals surface area contributed by atoms with E-state index in [0.717, 1.165) is 34.3 Å². The van der Waals surface area contributed by atoms with Gasteiger partial charge in [-0.05, 0) is 41.8 Å². The number of nitrogens with zero attached hydrogens (tertiary/aromatic N) is 1. The van der Waals surface area contributed by atoms with Crippen molar-refractivity contribution >= 4 is 40.4 Å². The highest BCUT2D eigenvalue weighted by Gasteiger charge is 2.61. The summed E-state index contributed by atoms with van der Waals surface area (Å²) in [4.78, 5) is 4.51. The van der Waals surface area contributed by atoms with E-state index in [0.29, 0.717) is 11.4 Å². The average Bonchev–Trinajstić information content (AvgIpc) is 2.61. The molecule has 1 aliphatic heterocycles. The minimum atomic E-state index is -5.79. The molecule has 28 heavy (non-hydrogen) atoms. The monoisotopic (exact) mass is 414 g/mol. The van der Waals surface area contributed by atoms with Crippen LogP contribution in [0.1, 0.15) is 5.56 Å². The van der Waals surface area contributed by atoms with E-state index in [1.165, 1.54) is 12.1 Å². The number of hydrogen-bond acceptors (Lipinski definition) is 3. The van der Waals surface area contributed by atoms with E-state index in [2.05, 4.69) is 15.0 Å². The number of alkyl halides is 5. The highest BCUT2D eigenvalue weighted by Crippen LogP contribution is 2.38. The Morgan fingerprint density at radius 1 is 0.821 bits per heavy atom. The van der Waals surface area contributed by atoms with Crippen LogP contribution in [0.3, 0.4) is 0 Å². The van der Waals surface area contributed by atoms with Crippen molar-refractivity contribution in [3.63, 3.8) is 0 Å². The number of benzene rings is 3. The molecule has 146 valence electrons. The third-order valence-electron chi connectivity index (χ3n) is 4.07. The quantitative estimate of drug-likeness (QED) is 0.510. The molecular formula is C19H12ClF5N2O. The van der Waals surface area contributed by atoms with Gasteiger partial charge in [-0.3, -0.25) is 0 Å². The van der Waals surface area contributed by atoms with Gasteiger partial charge < -0.3 is 10.1 Å². The van der Waals surface area contributed by atoms with E-state index >= 15 is 0 Å². The summed E-state index contributed by atoms with van der Waals surface area (Å²) in [5.41, 5.74) is 2.09. The number of halogens is 6. The number of aliphatic imine (C=N–C) groups is 1. The Labute approximate surface area is 162 Å². The second kappa shape index (κ2) is 6.94. The van der Waals surface area contributed by atoms with E-state index in [9.17, 15) is 22.0 Å². The van der Waals surface area contributed by atoms with Crippen molar-refractivity contribution in [2.45, 2.75) is 12.3 Å². The largest absolute Gasteiger partial charge is 0.499 e. The first-order valence-corrected chi connectivity index (χ1v) is 7.86. The van der Waals surface area contributed by atoms with E-state index in [-0.39, 0.29) is 12.4 Å². The fraction of sp³-hybridized carbons (Fsp3) is 0.105. The number of nitrogens with one attached hydrogen (secondary N) is 1. The number of anilines is 1. The Kier molecular flexibility index (Phi) is 4.93. The van der Waals surface area contributed by atoms with Crippen molar-refractivity contribution in [1.29, 1.82) is 0 Å². The van der Waals surface area contributed by atoms with Crippen molar-refractivity contribution in [2.75, 3.05) is 5.32 Å². The number of amidine groups is 1. The Morgan fingerprint density at radius 2 is 1.46 bits per heavy atom. The predicted molar refractivity (Wildman–Crippen MR) is 99.1 cm³/mol. The molecule has 3 aromatic rings. The molecule has 0 atom stereocenters. The molecule has 3 aromatic carbocycles. The van der Waals surface area contributed by atoms with Gasteiger partial charge in [0.05, 0.1) is 5.69 Å².